The maximum atomic E-state index is 5.64. The third-order valence-electron chi connectivity index (χ3n) is 2.78. The summed E-state index contributed by atoms with van der Waals surface area (Å²) >= 11 is 0. The molecule has 0 aromatic carbocycles. The first-order valence-corrected chi connectivity index (χ1v) is 5.94. The monoisotopic (exact) mass is 221 g/mol. The number of rotatable bonds is 4. The van der Waals surface area contributed by atoms with Crippen LogP contribution in [0.2, 0.25) is 0 Å². The smallest absolute Gasteiger partial charge is 0.155 e. The lowest BCUT2D eigenvalue weighted by atomic mass is 10.2. The minimum atomic E-state index is 0.366. The Balaban J connectivity index is 1.84. The van der Waals surface area contributed by atoms with Crippen LogP contribution < -0.4 is 10.1 Å². The predicted molar refractivity (Wildman–Crippen MR) is 62.6 cm³/mol. The highest BCUT2D eigenvalue weighted by Gasteiger charge is 2.14. The molecule has 1 N–H and O–H groups in total. The quantitative estimate of drug-likeness (QED) is 0.841. The molecule has 0 bridgehead atoms. The van der Waals surface area contributed by atoms with Crippen molar-refractivity contribution in [1.29, 1.82) is 0 Å². The first kappa shape index (κ1) is 11.3. The van der Waals surface area contributed by atoms with Gasteiger partial charge in [-0.05, 0) is 19.4 Å². The molecule has 2 rings (SSSR count). The third-order valence-corrected chi connectivity index (χ3v) is 2.78. The molecule has 4 nitrogen and oxygen atoms in total. The number of nitrogens with zero attached hydrogens (tertiary/aromatic N) is 2. The highest BCUT2D eigenvalue weighted by atomic mass is 16.5. The van der Waals surface area contributed by atoms with Crippen LogP contribution in [-0.4, -0.2) is 29.2 Å². The molecule has 4 heteroatoms. The third kappa shape index (κ3) is 2.92. The zero-order chi connectivity index (χ0) is 11.4. The minimum Gasteiger partial charge on any atom is -0.489 e. The van der Waals surface area contributed by atoms with Crippen molar-refractivity contribution in [1.82, 2.24) is 15.3 Å². The fourth-order valence-electron chi connectivity index (χ4n) is 1.79. The fourth-order valence-corrected chi connectivity index (χ4v) is 1.79. The van der Waals surface area contributed by atoms with Gasteiger partial charge in [0.05, 0.1) is 12.4 Å². The van der Waals surface area contributed by atoms with E-state index in [4.69, 9.17) is 4.74 Å². The molecule has 1 saturated heterocycles. The molecule has 0 amide bonds. The Morgan fingerprint density at radius 3 is 2.75 bits per heavy atom. The van der Waals surface area contributed by atoms with Gasteiger partial charge in [0.1, 0.15) is 12.4 Å². The topological polar surface area (TPSA) is 47.0 Å². The van der Waals surface area contributed by atoms with E-state index in [9.17, 15) is 0 Å². The molecular weight excluding hydrogens is 202 g/mol. The van der Waals surface area contributed by atoms with Crippen molar-refractivity contribution in [3.05, 3.63) is 18.2 Å². The summed E-state index contributed by atoms with van der Waals surface area (Å²) in [7, 11) is 0. The molecule has 0 spiro atoms. The number of ether oxygens (including phenoxy) is 1. The maximum absolute atomic E-state index is 5.64. The van der Waals surface area contributed by atoms with E-state index >= 15 is 0 Å². The van der Waals surface area contributed by atoms with Gasteiger partial charge in [-0.1, -0.05) is 13.8 Å². The van der Waals surface area contributed by atoms with E-state index in [1.807, 2.05) is 0 Å². The number of hydrogen-bond donors (Lipinski definition) is 1. The van der Waals surface area contributed by atoms with Gasteiger partial charge in [-0.25, -0.2) is 9.97 Å². The van der Waals surface area contributed by atoms with Gasteiger partial charge in [0.15, 0.2) is 5.75 Å². The molecule has 1 unspecified atom stereocenters. The lowest BCUT2D eigenvalue weighted by Crippen LogP contribution is -2.28. The van der Waals surface area contributed by atoms with Crippen LogP contribution in [0.5, 0.6) is 5.75 Å². The Hall–Kier alpha value is -1.16. The second kappa shape index (κ2) is 5.25. The van der Waals surface area contributed by atoms with E-state index in [2.05, 4.69) is 29.1 Å². The largest absolute Gasteiger partial charge is 0.489 e. The average Bonchev–Trinajstić information content (AvgIpc) is 2.80. The SMILES string of the molecule is CC(C)c1ncc(OCC2CCCN2)cn1. The maximum Gasteiger partial charge on any atom is 0.155 e. The van der Waals surface area contributed by atoms with Crippen LogP contribution in [0.1, 0.15) is 38.4 Å². The summed E-state index contributed by atoms with van der Waals surface area (Å²) in [6.45, 7) is 5.98. The van der Waals surface area contributed by atoms with Crippen LogP contribution in [0.25, 0.3) is 0 Å². The zero-order valence-corrected chi connectivity index (χ0v) is 9.94. The van der Waals surface area contributed by atoms with E-state index in [0.29, 0.717) is 18.6 Å². The first-order valence-electron chi connectivity index (χ1n) is 5.94. The highest BCUT2D eigenvalue weighted by molar-refractivity contribution is 5.13. The second-order valence-electron chi connectivity index (χ2n) is 4.54. The summed E-state index contributed by atoms with van der Waals surface area (Å²) in [6, 6.07) is 0.491. The molecule has 0 saturated carbocycles. The Kier molecular flexibility index (Phi) is 3.72. The van der Waals surface area contributed by atoms with Gasteiger partial charge in [0.25, 0.3) is 0 Å². The van der Waals surface area contributed by atoms with Gasteiger partial charge in [-0.3, -0.25) is 0 Å². The molecule has 88 valence electrons. The van der Waals surface area contributed by atoms with E-state index in [1.165, 1.54) is 12.8 Å². The number of hydrogen-bond acceptors (Lipinski definition) is 4. The van der Waals surface area contributed by atoms with Gasteiger partial charge in [0, 0.05) is 12.0 Å². The van der Waals surface area contributed by atoms with Crippen molar-refractivity contribution in [3.63, 3.8) is 0 Å². The zero-order valence-electron chi connectivity index (χ0n) is 9.94. The van der Waals surface area contributed by atoms with Crippen LogP contribution in [0, 0.1) is 0 Å². The normalized spacial score (nSPS) is 20.3. The van der Waals surface area contributed by atoms with Crippen LogP contribution in [-0.2, 0) is 0 Å². The summed E-state index contributed by atoms with van der Waals surface area (Å²) in [5.74, 6) is 2.00. The van der Waals surface area contributed by atoms with E-state index in [-0.39, 0.29) is 0 Å². The minimum absolute atomic E-state index is 0.366. The van der Waals surface area contributed by atoms with Crippen LogP contribution in [0.3, 0.4) is 0 Å². The van der Waals surface area contributed by atoms with Crippen LogP contribution in [0.15, 0.2) is 12.4 Å². The van der Waals surface area contributed by atoms with Gasteiger partial charge >= 0.3 is 0 Å². The van der Waals surface area contributed by atoms with E-state index < -0.39 is 0 Å². The van der Waals surface area contributed by atoms with E-state index in [1.54, 1.807) is 12.4 Å². The van der Waals surface area contributed by atoms with Crippen molar-refractivity contribution in [3.8, 4) is 5.75 Å². The summed E-state index contributed by atoms with van der Waals surface area (Å²) in [5, 5.41) is 3.39. The molecule has 1 aliphatic rings. The van der Waals surface area contributed by atoms with Crippen molar-refractivity contribution >= 4 is 0 Å². The second-order valence-corrected chi connectivity index (χ2v) is 4.54. The van der Waals surface area contributed by atoms with Crippen molar-refractivity contribution in [2.75, 3.05) is 13.2 Å². The molecule has 2 heterocycles. The Bertz CT molecular complexity index is 318. The predicted octanol–water partition coefficient (Wildman–Crippen LogP) is 1.73. The molecule has 1 atom stereocenters. The Morgan fingerprint density at radius 2 is 2.19 bits per heavy atom. The van der Waals surface area contributed by atoms with Crippen molar-refractivity contribution in [2.24, 2.45) is 0 Å². The number of nitrogens with one attached hydrogen (secondary N) is 1. The highest BCUT2D eigenvalue weighted by Crippen LogP contribution is 2.13. The van der Waals surface area contributed by atoms with Gasteiger partial charge in [-0.15, -0.1) is 0 Å². The lowest BCUT2D eigenvalue weighted by Gasteiger charge is -2.12. The molecule has 1 aromatic heterocycles. The Morgan fingerprint density at radius 1 is 1.44 bits per heavy atom. The molecule has 1 aromatic rings. The average molecular weight is 221 g/mol. The van der Waals surface area contributed by atoms with Crippen LogP contribution >= 0.6 is 0 Å². The molecule has 1 fully saturated rings. The van der Waals surface area contributed by atoms with Crippen molar-refractivity contribution < 1.29 is 4.74 Å². The van der Waals surface area contributed by atoms with Gasteiger partial charge in [0.2, 0.25) is 0 Å². The summed E-state index contributed by atoms with van der Waals surface area (Å²) in [6.07, 6.45) is 5.97. The molecule has 16 heavy (non-hydrogen) atoms. The Labute approximate surface area is 96.4 Å². The van der Waals surface area contributed by atoms with Crippen LogP contribution in [0.4, 0.5) is 0 Å². The molecular formula is C12H19N3O. The van der Waals surface area contributed by atoms with Gasteiger partial charge < -0.3 is 10.1 Å². The van der Waals surface area contributed by atoms with Gasteiger partial charge in [-0.2, -0.15) is 0 Å². The molecule has 0 radical (unpaired) electrons. The standard InChI is InChI=1S/C12H19N3O/c1-9(2)12-14-6-11(7-15-12)16-8-10-4-3-5-13-10/h6-7,9-10,13H,3-5,8H2,1-2H3. The summed E-state index contributed by atoms with van der Waals surface area (Å²) in [5.41, 5.74) is 0. The number of aromatic nitrogens is 2. The molecule has 1 aliphatic heterocycles. The lowest BCUT2D eigenvalue weighted by molar-refractivity contribution is 0.275. The first-order chi connectivity index (χ1) is 7.75. The summed E-state index contributed by atoms with van der Waals surface area (Å²) < 4.78 is 5.64. The van der Waals surface area contributed by atoms with E-state index in [0.717, 1.165) is 18.1 Å². The van der Waals surface area contributed by atoms with Crippen molar-refractivity contribution in [2.45, 2.75) is 38.6 Å². The summed E-state index contributed by atoms with van der Waals surface area (Å²) in [4.78, 5) is 8.53. The fraction of sp³-hybridized carbons (Fsp3) is 0.667. The molecule has 0 aliphatic carbocycles.